The Labute approximate surface area is 107 Å². The molecule has 0 aromatic carbocycles. The fourth-order valence-corrected chi connectivity index (χ4v) is 2.55. The molecule has 1 rings (SSSR count). The first-order valence-corrected chi connectivity index (χ1v) is 7.38. The molecule has 102 valence electrons. The Morgan fingerprint density at radius 3 is 2.50 bits per heavy atom. The summed E-state index contributed by atoms with van der Waals surface area (Å²) in [6, 6.07) is 1.45. The number of rotatable bonds is 5. The van der Waals surface area contributed by atoms with Gasteiger partial charge in [-0.2, -0.15) is 0 Å². The van der Waals surface area contributed by atoms with Crippen molar-refractivity contribution in [2.45, 2.75) is 44.7 Å². The van der Waals surface area contributed by atoms with Crippen molar-refractivity contribution in [2.24, 2.45) is 0 Å². The molecule has 1 unspecified atom stereocenters. The van der Waals surface area contributed by atoms with Crippen molar-refractivity contribution in [2.75, 3.05) is 0 Å². The maximum Gasteiger partial charge on any atom is 0.238 e. The van der Waals surface area contributed by atoms with E-state index in [0.717, 1.165) is 0 Å². The van der Waals surface area contributed by atoms with Crippen LogP contribution in [0.3, 0.4) is 0 Å². The maximum absolute atomic E-state index is 12.0. The molecule has 0 aliphatic heterocycles. The molecule has 18 heavy (non-hydrogen) atoms. The monoisotopic (exact) mass is 274 g/mol. The molecular weight excluding hydrogens is 256 g/mol. The molecule has 1 aromatic heterocycles. The van der Waals surface area contributed by atoms with Gasteiger partial charge >= 0.3 is 0 Å². The van der Waals surface area contributed by atoms with Gasteiger partial charge in [-0.3, -0.25) is 4.79 Å². The Bertz CT molecular complexity index is 519. The van der Waals surface area contributed by atoms with Gasteiger partial charge in [-0.1, -0.05) is 5.16 Å². The number of aryl methyl sites for hydroxylation is 1. The average Bonchev–Trinajstić information content (AvgIpc) is 2.60. The van der Waals surface area contributed by atoms with Crippen molar-refractivity contribution in [1.29, 1.82) is 0 Å². The minimum absolute atomic E-state index is 0.0947. The van der Waals surface area contributed by atoms with Crippen molar-refractivity contribution in [1.82, 2.24) is 10.5 Å². The zero-order valence-electron chi connectivity index (χ0n) is 10.9. The van der Waals surface area contributed by atoms with E-state index in [1.165, 1.54) is 6.92 Å². The number of carbonyl (C=O) groups is 1. The van der Waals surface area contributed by atoms with Crippen molar-refractivity contribution >= 4 is 15.7 Å². The number of nitrogens with one attached hydrogen (secondary N) is 1. The third-order valence-corrected chi connectivity index (χ3v) is 4.34. The molecule has 1 aromatic rings. The first kappa shape index (κ1) is 14.7. The predicted octanol–water partition coefficient (Wildman–Crippen LogP) is 0.811. The smallest absolute Gasteiger partial charge is 0.238 e. The van der Waals surface area contributed by atoms with Crippen LogP contribution in [-0.2, 0) is 20.4 Å². The van der Waals surface area contributed by atoms with E-state index in [4.69, 9.17) is 4.52 Å². The van der Waals surface area contributed by atoms with E-state index in [1.54, 1.807) is 26.8 Å². The summed E-state index contributed by atoms with van der Waals surface area (Å²) in [6.07, 6.45) is 0. The summed E-state index contributed by atoms with van der Waals surface area (Å²) < 4.78 is 28.8. The first-order valence-electron chi connectivity index (χ1n) is 5.66. The Kier molecular flexibility index (Phi) is 4.50. The number of carbonyl (C=O) groups excluding carboxylic acids is 1. The van der Waals surface area contributed by atoms with Gasteiger partial charge in [-0.15, -0.1) is 0 Å². The predicted molar refractivity (Wildman–Crippen MR) is 66.6 cm³/mol. The van der Waals surface area contributed by atoms with Crippen LogP contribution >= 0.6 is 0 Å². The van der Waals surface area contributed by atoms with Gasteiger partial charge in [0.25, 0.3) is 0 Å². The topological polar surface area (TPSA) is 89.3 Å². The van der Waals surface area contributed by atoms with E-state index in [9.17, 15) is 13.2 Å². The molecule has 1 atom stereocenters. The molecule has 0 fully saturated rings. The van der Waals surface area contributed by atoms with Crippen LogP contribution < -0.4 is 5.32 Å². The van der Waals surface area contributed by atoms with Crippen molar-refractivity contribution in [3.05, 3.63) is 17.5 Å². The van der Waals surface area contributed by atoms with Crippen molar-refractivity contribution in [3.8, 4) is 0 Å². The SMILES string of the molecule is Cc1cc(CS(=O)(=O)C(C)C(=O)NC(C)C)on1. The molecule has 0 radical (unpaired) electrons. The highest BCUT2D eigenvalue weighted by molar-refractivity contribution is 7.92. The standard InChI is InChI=1S/C11H18N2O4S/c1-7(2)12-11(14)9(4)18(15,16)6-10-5-8(3)13-17-10/h5,7,9H,6H2,1-4H3,(H,12,14). The van der Waals surface area contributed by atoms with E-state index in [1.807, 2.05) is 0 Å². The van der Waals surface area contributed by atoms with Gasteiger partial charge in [0.1, 0.15) is 11.0 Å². The lowest BCUT2D eigenvalue weighted by atomic mass is 10.3. The van der Waals surface area contributed by atoms with Gasteiger partial charge in [0.15, 0.2) is 15.6 Å². The highest BCUT2D eigenvalue weighted by Crippen LogP contribution is 2.12. The van der Waals surface area contributed by atoms with E-state index >= 15 is 0 Å². The van der Waals surface area contributed by atoms with Gasteiger partial charge in [-0.25, -0.2) is 8.42 Å². The average molecular weight is 274 g/mol. The number of aromatic nitrogens is 1. The molecule has 0 spiro atoms. The molecule has 7 heteroatoms. The quantitative estimate of drug-likeness (QED) is 0.858. The summed E-state index contributed by atoms with van der Waals surface area (Å²) in [6.45, 7) is 6.62. The minimum atomic E-state index is -3.59. The van der Waals surface area contributed by atoms with Crippen molar-refractivity contribution < 1.29 is 17.7 Å². The van der Waals surface area contributed by atoms with Crippen LogP contribution in [0.25, 0.3) is 0 Å². The van der Waals surface area contributed by atoms with Gasteiger partial charge in [0, 0.05) is 12.1 Å². The Balaban J connectivity index is 2.77. The Morgan fingerprint density at radius 1 is 1.44 bits per heavy atom. The number of amides is 1. The molecular formula is C11H18N2O4S. The maximum atomic E-state index is 12.0. The van der Waals surface area contributed by atoms with Gasteiger partial charge in [0.05, 0.1) is 5.69 Å². The highest BCUT2D eigenvalue weighted by Gasteiger charge is 2.29. The van der Waals surface area contributed by atoms with Crippen LogP contribution in [0.1, 0.15) is 32.2 Å². The van der Waals surface area contributed by atoms with Gasteiger partial charge in [0.2, 0.25) is 5.91 Å². The van der Waals surface area contributed by atoms with Crippen LogP contribution in [0.15, 0.2) is 10.6 Å². The lowest BCUT2D eigenvalue weighted by Crippen LogP contribution is -2.41. The Hall–Kier alpha value is -1.37. The number of nitrogens with zero attached hydrogens (tertiary/aromatic N) is 1. The van der Waals surface area contributed by atoms with E-state index < -0.39 is 21.0 Å². The van der Waals surface area contributed by atoms with Gasteiger partial charge in [-0.05, 0) is 27.7 Å². The molecule has 0 saturated carbocycles. The largest absolute Gasteiger partial charge is 0.360 e. The summed E-state index contributed by atoms with van der Waals surface area (Å²) in [5.74, 6) is -0.571. The molecule has 0 bridgehead atoms. The highest BCUT2D eigenvalue weighted by atomic mass is 32.2. The third-order valence-electron chi connectivity index (χ3n) is 2.36. The van der Waals surface area contributed by atoms with Crippen LogP contribution in [0.5, 0.6) is 0 Å². The second-order valence-electron chi connectivity index (χ2n) is 4.55. The molecule has 0 aliphatic rings. The number of hydrogen-bond donors (Lipinski definition) is 1. The van der Waals surface area contributed by atoms with E-state index in [2.05, 4.69) is 10.5 Å². The summed E-state index contributed by atoms with van der Waals surface area (Å²) in [4.78, 5) is 11.7. The van der Waals surface area contributed by atoms with E-state index in [-0.39, 0.29) is 17.6 Å². The fraction of sp³-hybridized carbons (Fsp3) is 0.636. The molecule has 1 heterocycles. The van der Waals surface area contributed by atoms with Gasteiger partial charge < -0.3 is 9.84 Å². The molecule has 1 amide bonds. The van der Waals surface area contributed by atoms with Crippen LogP contribution in [0.4, 0.5) is 0 Å². The van der Waals surface area contributed by atoms with E-state index in [0.29, 0.717) is 5.69 Å². The fourth-order valence-electron chi connectivity index (χ4n) is 1.37. The summed E-state index contributed by atoms with van der Waals surface area (Å²) in [5.41, 5.74) is 0.611. The van der Waals surface area contributed by atoms with Crippen LogP contribution in [0.2, 0.25) is 0 Å². The summed E-state index contributed by atoms with van der Waals surface area (Å²) in [7, 11) is -3.59. The van der Waals surface area contributed by atoms with Crippen LogP contribution in [0, 0.1) is 6.92 Å². The lowest BCUT2D eigenvalue weighted by molar-refractivity contribution is -0.120. The summed E-state index contributed by atoms with van der Waals surface area (Å²) in [5, 5.41) is 5.08. The lowest BCUT2D eigenvalue weighted by Gasteiger charge is -2.14. The minimum Gasteiger partial charge on any atom is -0.360 e. The molecule has 0 aliphatic carbocycles. The third kappa shape index (κ3) is 3.83. The molecule has 6 nitrogen and oxygen atoms in total. The second kappa shape index (κ2) is 5.51. The van der Waals surface area contributed by atoms with Crippen molar-refractivity contribution in [3.63, 3.8) is 0 Å². The first-order chi connectivity index (χ1) is 8.22. The molecule has 1 N–H and O–H groups in total. The zero-order valence-corrected chi connectivity index (χ0v) is 11.7. The summed E-state index contributed by atoms with van der Waals surface area (Å²) >= 11 is 0. The Morgan fingerprint density at radius 2 is 2.06 bits per heavy atom. The second-order valence-corrected chi connectivity index (χ2v) is 6.87. The zero-order chi connectivity index (χ0) is 13.9. The molecule has 0 saturated heterocycles. The normalized spacial score (nSPS) is 13.6. The van der Waals surface area contributed by atoms with Crippen LogP contribution in [-0.4, -0.2) is 30.8 Å². The number of hydrogen-bond acceptors (Lipinski definition) is 5. The number of sulfone groups is 1.